The Morgan fingerprint density at radius 1 is 1.19 bits per heavy atom. The van der Waals surface area contributed by atoms with Crippen molar-refractivity contribution in [2.75, 3.05) is 6.61 Å². The average molecular weight is 372 g/mol. The first kappa shape index (κ1) is 17.7. The molecular weight excluding hydrogens is 358 g/mol. The number of aromatic nitrogens is 4. The molecule has 2 aromatic carbocycles. The predicted molar refractivity (Wildman–Crippen MR) is 93.3 cm³/mol. The number of hydrogen-bond acceptors (Lipinski definition) is 6. The van der Waals surface area contributed by atoms with Crippen LogP contribution in [0.4, 0.5) is 0 Å². The van der Waals surface area contributed by atoms with Crippen molar-refractivity contribution < 1.29 is 9.84 Å². The number of nitrogens with zero attached hydrogens (tertiary/aromatic N) is 5. The molecule has 132 valence electrons. The smallest absolute Gasteiger partial charge is 0.368 e. The number of aliphatic hydroxyl groups is 1. The third-order valence-corrected chi connectivity index (χ3v) is 3.85. The number of tetrazole rings is 1. The largest absolute Gasteiger partial charge is 0.491 e. The van der Waals surface area contributed by atoms with Gasteiger partial charge in [-0.3, -0.25) is 0 Å². The third kappa shape index (κ3) is 3.91. The summed E-state index contributed by atoms with van der Waals surface area (Å²) in [5, 5.41) is 26.7. The lowest BCUT2D eigenvalue weighted by molar-refractivity contribution is 0.0879. The van der Waals surface area contributed by atoms with Crippen molar-refractivity contribution in [1.82, 2.24) is 19.8 Å². The van der Waals surface area contributed by atoms with Gasteiger partial charge in [0.2, 0.25) is 0 Å². The van der Waals surface area contributed by atoms with Gasteiger partial charge in [0.05, 0.1) is 28.9 Å². The molecule has 0 bridgehead atoms. The molecule has 8 nitrogen and oxygen atoms in total. The van der Waals surface area contributed by atoms with Gasteiger partial charge >= 0.3 is 5.69 Å². The van der Waals surface area contributed by atoms with Crippen molar-refractivity contribution in [1.29, 1.82) is 5.26 Å². The van der Waals surface area contributed by atoms with Gasteiger partial charge in [-0.25, -0.2) is 4.79 Å². The van der Waals surface area contributed by atoms with Crippen LogP contribution in [0.2, 0.25) is 5.02 Å². The van der Waals surface area contributed by atoms with Gasteiger partial charge in [0, 0.05) is 0 Å². The van der Waals surface area contributed by atoms with Crippen LogP contribution in [0.25, 0.3) is 5.69 Å². The molecule has 0 fully saturated rings. The second kappa shape index (κ2) is 7.82. The number of benzene rings is 2. The van der Waals surface area contributed by atoms with E-state index in [1.54, 1.807) is 48.5 Å². The van der Waals surface area contributed by atoms with Gasteiger partial charge in [0.1, 0.15) is 18.5 Å². The molecule has 0 aliphatic rings. The van der Waals surface area contributed by atoms with Crippen LogP contribution in [0.3, 0.4) is 0 Å². The van der Waals surface area contributed by atoms with Crippen molar-refractivity contribution in [3.63, 3.8) is 0 Å². The summed E-state index contributed by atoms with van der Waals surface area (Å²) in [7, 11) is 0. The zero-order chi connectivity index (χ0) is 18.5. The third-order valence-electron chi connectivity index (χ3n) is 3.53. The summed E-state index contributed by atoms with van der Waals surface area (Å²) in [5.41, 5.74) is 0.407. The van der Waals surface area contributed by atoms with Gasteiger partial charge in [-0.15, -0.1) is 0 Å². The Labute approximate surface area is 153 Å². The van der Waals surface area contributed by atoms with Gasteiger partial charge in [-0.1, -0.05) is 23.7 Å². The van der Waals surface area contributed by atoms with Gasteiger partial charge in [-0.05, 0) is 46.8 Å². The number of nitriles is 1. The summed E-state index contributed by atoms with van der Waals surface area (Å²) >= 11 is 6.06. The van der Waals surface area contributed by atoms with Gasteiger partial charge < -0.3 is 9.84 Å². The molecule has 1 heterocycles. The SMILES string of the molecule is N#Cc1ccc(OC[C@@H](O)Cn2nnn(-c3ccccc3Cl)c2=O)cc1. The van der Waals surface area contributed by atoms with E-state index in [1.807, 2.05) is 6.07 Å². The Morgan fingerprint density at radius 3 is 2.62 bits per heavy atom. The van der Waals surface area contributed by atoms with Crippen LogP contribution in [0.1, 0.15) is 5.56 Å². The molecular formula is C17H14ClN5O3. The van der Waals surface area contributed by atoms with Crippen molar-refractivity contribution in [3.8, 4) is 17.5 Å². The summed E-state index contributed by atoms with van der Waals surface area (Å²) in [6.07, 6.45) is -0.972. The maximum Gasteiger partial charge on any atom is 0.368 e. The molecule has 1 aromatic heterocycles. The molecule has 0 saturated heterocycles. The quantitative estimate of drug-likeness (QED) is 0.702. The molecule has 3 aromatic rings. The lowest BCUT2D eigenvalue weighted by Crippen LogP contribution is -2.31. The number of hydrogen-bond donors (Lipinski definition) is 1. The second-order valence-electron chi connectivity index (χ2n) is 5.41. The second-order valence-corrected chi connectivity index (χ2v) is 5.81. The minimum absolute atomic E-state index is 0.0444. The maximum atomic E-state index is 12.4. The monoisotopic (exact) mass is 371 g/mol. The van der Waals surface area contributed by atoms with Crippen LogP contribution in [0.15, 0.2) is 53.3 Å². The molecule has 1 atom stereocenters. The Hall–Kier alpha value is -3.15. The van der Waals surface area contributed by atoms with E-state index in [2.05, 4.69) is 10.4 Å². The van der Waals surface area contributed by atoms with Crippen LogP contribution in [-0.2, 0) is 6.54 Å². The van der Waals surface area contributed by atoms with E-state index in [9.17, 15) is 9.90 Å². The topological polar surface area (TPSA) is 106 Å². The van der Waals surface area contributed by atoms with Crippen molar-refractivity contribution in [3.05, 3.63) is 69.6 Å². The predicted octanol–water partition coefficient (Wildman–Crippen LogP) is 1.39. The van der Waals surface area contributed by atoms with Gasteiger partial charge in [0.25, 0.3) is 0 Å². The van der Waals surface area contributed by atoms with Crippen LogP contribution < -0.4 is 10.4 Å². The van der Waals surface area contributed by atoms with Crippen molar-refractivity contribution in [2.45, 2.75) is 12.6 Å². The molecule has 0 unspecified atom stereocenters. The summed E-state index contributed by atoms with van der Waals surface area (Å²) in [4.78, 5) is 12.4. The summed E-state index contributed by atoms with van der Waals surface area (Å²) < 4.78 is 7.54. The van der Waals surface area contributed by atoms with E-state index < -0.39 is 11.8 Å². The number of aliphatic hydroxyl groups excluding tert-OH is 1. The fraction of sp³-hybridized carbons (Fsp3) is 0.176. The first-order valence-electron chi connectivity index (χ1n) is 7.67. The van der Waals surface area contributed by atoms with E-state index in [-0.39, 0.29) is 13.2 Å². The first-order chi connectivity index (χ1) is 12.6. The van der Waals surface area contributed by atoms with E-state index in [0.29, 0.717) is 22.0 Å². The molecule has 9 heteroatoms. The number of ether oxygens (including phenoxy) is 1. The Kier molecular flexibility index (Phi) is 5.31. The molecule has 0 aliphatic heterocycles. The summed E-state index contributed by atoms with van der Waals surface area (Å²) in [5.74, 6) is 0.509. The molecule has 0 spiro atoms. The number of halogens is 1. The number of para-hydroxylation sites is 1. The normalized spacial score (nSPS) is 11.7. The van der Waals surface area contributed by atoms with Crippen LogP contribution in [-0.4, -0.2) is 37.6 Å². The minimum Gasteiger partial charge on any atom is -0.491 e. The molecule has 0 amide bonds. The fourth-order valence-electron chi connectivity index (χ4n) is 2.23. The van der Waals surface area contributed by atoms with Gasteiger partial charge in [0.15, 0.2) is 0 Å². The van der Waals surface area contributed by atoms with E-state index in [0.717, 1.165) is 9.36 Å². The highest BCUT2D eigenvalue weighted by Gasteiger charge is 2.15. The zero-order valence-corrected chi connectivity index (χ0v) is 14.2. The highest BCUT2D eigenvalue weighted by Crippen LogP contribution is 2.17. The zero-order valence-electron chi connectivity index (χ0n) is 13.5. The maximum absolute atomic E-state index is 12.4. The van der Waals surface area contributed by atoms with E-state index >= 15 is 0 Å². The molecule has 0 aliphatic carbocycles. The fourth-order valence-corrected chi connectivity index (χ4v) is 2.45. The lowest BCUT2D eigenvalue weighted by Gasteiger charge is -2.11. The summed E-state index contributed by atoms with van der Waals surface area (Å²) in [6.45, 7) is -0.128. The molecule has 3 rings (SSSR count). The lowest BCUT2D eigenvalue weighted by atomic mass is 10.2. The van der Waals surface area contributed by atoms with Crippen molar-refractivity contribution in [2.24, 2.45) is 0 Å². The van der Waals surface area contributed by atoms with Crippen LogP contribution in [0.5, 0.6) is 5.75 Å². The molecule has 1 N–H and O–H groups in total. The number of rotatable bonds is 6. The van der Waals surface area contributed by atoms with E-state index in [4.69, 9.17) is 21.6 Å². The highest BCUT2D eigenvalue weighted by atomic mass is 35.5. The Morgan fingerprint density at radius 2 is 1.92 bits per heavy atom. The molecule has 0 saturated carbocycles. The first-order valence-corrected chi connectivity index (χ1v) is 8.05. The average Bonchev–Trinajstić information content (AvgIpc) is 3.01. The highest BCUT2D eigenvalue weighted by molar-refractivity contribution is 6.32. The summed E-state index contributed by atoms with van der Waals surface area (Å²) in [6, 6.07) is 15.3. The van der Waals surface area contributed by atoms with Crippen molar-refractivity contribution >= 4 is 11.6 Å². The molecule has 0 radical (unpaired) electrons. The van der Waals surface area contributed by atoms with Crippen LogP contribution in [0, 0.1) is 11.3 Å². The van der Waals surface area contributed by atoms with Gasteiger partial charge in [-0.2, -0.15) is 14.6 Å². The van der Waals surface area contributed by atoms with Crippen LogP contribution >= 0.6 is 11.6 Å². The minimum atomic E-state index is -0.972. The standard InChI is InChI=1S/C17H14ClN5O3/c18-15-3-1-2-4-16(15)23-17(25)22(20-21-23)10-13(24)11-26-14-7-5-12(9-19)6-8-14/h1-8,13,24H,10-11H2/t13-/m0/s1. The molecule has 26 heavy (non-hydrogen) atoms. The Bertz CT molecular complexity index is 991. The Balaban J connectivity index is 1.65. The van der Waals surface area contributed by atoms with E-state index in [1.165, 1.54) is 0 Å².